The zero-order valence-corrected chi connectivity index (χ0v) is 30.9. The normalized spacial score (nSPS) is 25.0. The van der Waals surface area contributed by atoms with Gasteiger partial charge in [-0.3, -0.25) is 9.59 Å². The lowest BCUT2D eigenvalue weighted by atomic mass is 9.97. The molecule has 0 spiro atoms. The lowest BCUT2D eigenvalue weighted by molar-refractivity contribution is -0.138. The van der Waals surface area contributed by atoms with Crippen LogP contribution in [0.4, 0.5) is 9.59 Å². The predicted molar refractivity (Wildman–Crippen MR) is 198 cm³/mol. The Labute approximate surface area is 313 Å². The number of likely N-dealkylation sites (tertiary alicyclic amines) is 2. The van der Waals surface area contributed by atoms with E-state index < -0.39 is 24.3 Å². The largest absolute Gasteiger partial charge is 0.453 e. The number of rotatable bonds is 9. The third-order valence-corrected chi connectivity index (χ3v) is 11.9. The van der Waals surface area contributed by atoms with Gasteiger partial charge in [-0.05, 0) is 86.5 Å². The number of hydrogen-bond acceptors (Lipinski definition) is 8. The number of nitrogens with one attached hydrogen (secondary N) is 4. The smallest absolute Gasteiger partial charge is 0.407 e. The van der Waals surface area contributed by atoms with Gasteiger partial charge in [-0.1, -0.05) is 48.5 Å². The van der Waals surface area contributed by atoms with Crippen LogP contribution >= 0.6 is 0 Å². The van der Waals surface area contributed by atoms with Crippen molar-refractivity contribution >= 4 is 24.0 Å². The summed E-state index contributed by atoms with van der Waals surface area (Å²) in [5, 5.41) is 5.23. The van der Waals surface area contributed by atoms with E-state index in [0.29, 0.717) is 11.8 Å². The van der Waals surface area contributed by atoms with E-state index in [1.54, 1.807) is 13.8 Å². The molecule has 4 aliphatic rings. The van der Waals surface area contributed by atoms with Crippen molar-refractivity contribution < 1.29 is 28.7 Å². The highest BCUT2D eigenvalue weighted by atomic mass is 16.5. The number of fused-ring (bicyclic) bond motifs is 4. The fraction of sp³-hybridized carbons (Fsp3) is 0.450. The first kappa shape index (κ1) is 35.4. The summed E-state index contributed by atoms with van der Waals surface area (Å²) in [5.74, 6) is 1.93. The molecule has 2 unspecified atom stereocenters. The van der Waals surface area contributed by atoms with Crippen molar-refractivity contribution in [1.29, 1.82) is 0 Å². The number of methoxy groups -OCH3 is 2. The number of hydrogen-bond donors (Lipinski definition) is 4. The highest BCUT2D eigenvalue weighted by Gasteiger charge is 2.52. The maximum absolute atomic E-state index is 13.5. The number of carbonyl (C=O) groups excluding carboxylic acids is 4. The topological polar surface area (TPSA) is 175 Å². The molecule has 14 nitrogen and oxygen atoms in total. The third kappa shape index (κ3) is 6.36. The second kappa shape index (κ2) is 14.3. The fourth-order valence-electron chi connectivity index (χ4n) is 9.31. The van der Waals surface area contributed by atoms with E-state index in [1.165, 1.54) is 14.2 Å². The van der Waals surface area contributed by atoms with Gasteiger partial charge < -0.3 is 39.9 Å². The first-order valence-corrected chi connectivity index (χ1v) is 18.8. The van der Waals surface area contributed by atoms with Gasteiger partial charge in [-0.15, -0.1) is 0 Å². The molecule has 2 saturated heterocycles. The van der Waals surface area contributed by atoms with E-state index in [0.717, 1.165) is 83.8 Å². The molecule has 4 fully saturated rings. The molecule has 4 aromatic rings. The number of aromatic amines is 2. The molecule has 4 bridgehead atoms. The summed E-state index contributed by atoms with van der Waals surface area (Å²) in [6.45, 7) is 3.38. The molecule has 0 radical (unpaired) electrons. The highest BCUT2D eigenvalue weighted by molar-refractivity contribution is 5.87. The molecule has 4 N–H and O–H groups in total. The summed E-state index contributed by atoms with van der Waals surface area (Å²) in [5.41, 5.74) is 5.87. The average molecular weight is 735 g/mol. The van der Waals surface area contributed by atoms with Crippen molar-refractivity contribution in [3.05, 3.63) is 72.6 Å². The van der Waals surface area contributed by atoms with E-state index in [-0.39, 0.29) is 36.0 Å². The Morgan fingerprint density at radius 3 is 1.37 bits per heavy atom. The van der Waals surface area contributed by atoms with Gasteiger partial charge in [0.25, 0.3) is 0 Å². The summed E-state index contributed by atoms with van der Waals surface area (Å²) < 4.78 is 9.41. The zero-order chi connectivity index (χ0) is 37.7. The number of benzene rings is 2. The average Bonchev–Trinajstić information content (AvgIpc) is 4.06. The standard InChI is InChI=1S/C40H46N8O6/c1-21(43-39(51)53-3)37(49)47-29-15-13-27(17-29)33(47)35-41-19-31(45-35)25-9-5-23(6-10-25)24-7-11-26(12-8-24)32-20-42-36(46-32)34-28-14-16-30(18-28)48(34)38(50)22(2)44-40(52)54-4/h5-12,19-22,27-30,33-34H,13-18H2,1-4H3,(H,41,45)(H,42,46)(H,43,51)(H,44,52)/t21?,22?,27-,28-,29+,30+,33-,34-/m0/s1. The van der Waals surface area contributed by atoms with Gasteiger partial charge in [0.2, 0.25) is 11.8 Å². The maximum Gasteiger partial charge on any atom is 0.407 e. The fourth-order valence-corrected chi connectivity index (χ4v) is 9.31. The van der Waals surface area contributed by atoms with Gasteiger partial charge in [-0.2, -0.15) is 0 Å². The second-order valence-electron chi connectivity index (χ2n) is 15.1. The van der Waals surface area contributed by atoms with Gasteiger partial charge in [0, 0.05) is 12.1 Å². The van der Waals surface area contributed by atoms with E-state index in [4.69, 9.17) is 19.4 Å². The van der Waals surface area contributed by atoms with Crippen LogP contribution < -0.4 is 10.6 Å². The number of carbonyl (C=O) groups is 4. The Bertz CT molecular complexity index is 1900. The van der Waals surface area contributed by atoms with Crippen LogP contribution in [0.15, 0.2) is 60.9 Å². The summed E-state index contributed by atoms with van der Waals surface area (Å²) in [7, 11) is 2.57. The van der Waals surface area contributed by atoms with E-state index in [9.17, 15) is 19.2 Å². The number of nitrogens with zero attached hydrogens (tertiary/aromatic N) is 4. The van der Waals surface area contributed by atoms with Crippen molar-refractivity contribution in [2.45, 2.75) is 88.6 Å². The van der Waals surface area contributed by atoms with Gasteiger partial charge in [0.15, 0.2) is 0 Å². The van der Waals surface area contributed by atoms with Crippen LogP contribution in [0.3, 0.4) is 0 Å². The van der Waals surface area contributed by atoms with Crippen molar-refractivity contribution in [1.82, 2.24) is 40.4 Å². The Kier molecular flexibility index (Phi) is 9.36. The second-order valence-corrected chi connectivity index (χ2v) is 15.1. The molecule has 4 amide bonds. The maximum atomic E-state index is 13.5. The minimum absolute atomic E-state index is 0.126. The van der Waals surface area contributed by atoms with E-state index in [1.807, 2.05) is 22.2 Å². The third-order valence-electron chi connectivity index (χ3n) is 11.9. The molecular formula is C40H46N8O6. The Morgan fingerprint density at radius 1 is 0.630 bits per heavy atom. The number of piperidine rings is 2. The van der Waals surface area contributed by atoms with Crippen LogP contribution in [-0.2, 0) is 19.1 Å². The number of imidazole rings is 2. The van der Waals surface area contributed by atoms with Crippen LogP contribution in [0.2, 0.25) is 0 Å². The zero-order valence-electron chi connectivity index (χ0n) is 30.9. The summed E-state index contributed by atoms with van der Waals surface area (Å²) in [4.78, 5) is 70.8. The molecule has 2 aliphatic carbocycles. The molecule has 54 heavy (non-hydrogen) atoms. The van der Waals surface area contributed by atoms with Crippen molar-refractivity contribution in [2.24, 2.45) is 11.8 Å². The molecular weight excluding hydrogens is 688 g/mol. The molecule has 2 aromatic carbocycles. The van der Waals surface area contributed by atoms with Crippen molar-refractivity contribution in [3.63, 3.8) is 0 Å². The van der Waals surface area contributed by atoms with Crippen molar-refractivity contribution in [3.8, 4) is 33.6 Å². The summed E-state index contributed by atoms with van der Waals surface area (Å²) in [6.07, 6.45) is 8.27. The van der Waals surface area contributed by atoms with Gasteiger partial charge in [0.1, 0.15) is 23.7 Å². The van der Waals surface area contributed by atoms with Gasteiger partial charge in [-0.25, -0.2) is 19.6 Å². The van der Waals surface area contributed by atoms with E-state index in [2.05, 4.69) is 69.1 Å². The highest BCUT2D eigenvalue weighted by Crippen LogP contribution is 2.51. The lowest BCUT2D eigenvalue weighted by Crippen LogP contribution is -2.50. The molecule has 8 rings (SSSR count). The number of aromatic nitrogens is 4. The monoisotopic (exact) mass is 734 g/mol. The first-order valence-electron chi connectivity index (χ1n) is 18.8. The SMILES string of the molecule is COC(=O)NC(C)C(=O)N1[C@@H]2CC[C@@H](C2)[C@H]1c1ncc(-c2ccc(-c3ccc(-c4cnc([C@@H]5[C@H]6CC[C@H](C6)N5C(=O)C(C)NC(=O)OC)[nH]4)cc3)cc2)[nH]1. The molecule has 282 valence electrons. The predicted octanol–water partition coefficient (Wildman–Crippen LogP) is 5.73. The Morgan fingerprint density at radius 2 is 1.00 bits per heavy atom. The van der Waals surface area contributed by atoms with Gasteiger partial charge in [0.05, 0.1) is 50.1 Å². The molecule has 4 heterocycles. The van der Waals surface area contributed by atoms with Crippen LogP contribution in [0.1, 0.15) is 76.1 Å². The van der Waals surface area contributed by atoms with Crippen LogP contribution in [-0.4, -0.2) is 92.1 Å². The number of H-pyrrole nitrogens is 2. The molecule has 2 aromatic heterocycles. The number of amides is 4. The quantitative estimate of drug-likeness (QED) is 0.169. The molecule has 8 atom stereocenters. The van der Waals surface area contributed by atoms with Crippen LogP contribution in [0.5, 0.6) is 0 Å². The van der Waals surface area contributed by atoms with Gasteiger partial charge >= 0.3 is 12.2 Å². The lowest BCUT2D eigenvalue weighted by Gasteiger charge is -2.36. The Hall–Kier alpha value is -5.66. The van der Waals surface area contributed by atoms with Crippen LogP contribution in [0.25, 0.3) is 33.6 Å². The minimum atomic E-state index is -0.699. The van der Waals surface area contributed by atoms with Crippen LogP contribution in [0, 0.1) is 11.8 Å². The van der Waals surface area contributed by atoms with E-state index >= 15 is 0 Å². The molecule has 2 saturated carbocycles. The Balaban J connectivity index is 0.941. The molecule has 2 aliphatic heterocycles. The number of alkyl carbamates (subject to hydrolysis) is 2. The first-order chi connectivity index (χ1) is 26.1. The molecule has 14 heteroatoms. The summed E-state index contributed by atoms with van der Waals surface area (Å²) >= 11 is 0. The number of ether oxygens (including phenoxy) is 2. The minimum Gasteiger partial charge on any atom is -0.453 e. The summed E-state index contributed by atoms with van der Waals surface area (Å²) in [6, 6.07) is 15.2. The van der Waals surface area contributed by atoms with Crippen molar-refractivity contribution in [2.75, 3.05) is 14.2 Å².